The number of hydrogen-bond donors (Lipinski definition) is 1. The van der Waals surface area contributed by atoms with Crippen LogP contribution in [0.25, 0.3) is 0 Å². The summed E-state index contributed by atoms with van der Waals surface area (Å²) in [5.74, 6) is 0.843. The summed E-state index contributed by atoms with van der Waals surface area (Å²) in [6.45, 7) is 5.56. The van der Waals surface area contributed by atoms with Crippen LogP contribution in [0.4, 0.5) is 4.39 Å². The molecule has 3 rings (SSSR count). The Kier molecular flexibility index (Phi) is 10.8. The maximum absolute atomic E-state index is 13.1. The quantitative estimate of drug-likeness (QED) is 0.309. The summed E-state index contributed by atoms with van der Waals surface area (Å²) < 4.78 is 24.9. The van der Waals surface area contributed by atoms with E-state index in [1.165, 1.54) is 17.7 Å². The highest BCUT2D eigenvalue weighted by Gasteiger charge is 2.15. The molecular weight excluding hydrogens is 448 g/mol. The van der Waals surface area contributed by atoms with Gasteiger partial charge in [0.25, 0.3) is 0 Å². The Balaban J connectivity index is 0.00000363. The molecule has 0 aliphatic heterocycles. The second-order valence-corrected chi connectivity index (χ2v) is 7.79. The van der Waals surface area contributed by atoms with E-state index in [0.29, 0.717) is 29.7 Å². The van der Waals surface area contributed by atoms with Crippen LogP contribution in [0.5, 0.6) is 11.5 Å². The molecule has 1 atom stereocenters. The Morgan fingerprint density at radius 3 is 2.31 bits per heavy atom. The lowest BCUT2D eigenvalue weighted by Crippen LogP contribution is -2.21. The van der Waals surface area contributed by atoms with Crippen LogP contribution in [0.1, 0.15) is 49.4 Å². The van der Waals surface area contributed by atoms with Crippen molar-refractivity contribution < 1.29 is 13.9 Å². The zero-order valence-corrected chi connectivity index (χ0v) is 20.0. The van der Waals surface area contributed by atoms with Crippen LogP contribution < -0.4 is 14.8 Å². The van der Waals surface area contributed by atoms with Gasteiger partial charge in [-0.3, -0.25) is 0 Å². The lowest BCUT2D eigenvalue weighted by molar-refractivity contribution is 0.269. The molecule has 1 unspecified atom stereocenters. The van der Waals surface area contributed by atoms with Gasteiger partial charge < -0.3 is 14.8 Å². The summed E-state index contributed by atoms with van der Waals surface area (Å²) in [5, 5.41) is 4.14. The third-order valence-electron chi connectivity index (χ3n) is 5.00. The highest BCUT2D eigenvalue weighted by molar-refractivity contribution is 6.32. The molecule has 3 aromatic carbocycles. The summed E-state index contributed by atoms with van der Waals surface area (Å²) in [4.78, 5) is 0. The van der Waals surface area contributed by atoms with Crippen molar-refractivity contribution in [1.82, 2.24) is 5.32 Å². The van der Waals surface area contributed by atoms with Crippen LogP contribution in [0.2, 0.25) is 5.02 Å². The van der Waals surface area contributed by atoms with Crippen LogP contribution in [0, 0.1) is 5.82 Å². The van der Waals surface area contributed by atoms with E-state index in [0.717, 1.165) is 24.0 Å². The number of hydrogen-bond acceptors (Lipinski definition) is 3. The molecule has 0 aliphatic carbocycles. The van der Waals surface area contributed by atoms with Gasteiger partial charge in [0.1, 0.15) is 12.4 Å². The summed E-state index contributed by atoms with van der Waals surface area (Å²) >= 11 is 6.56. The Morgan fingerprint density at radius 2 is 1.66 bits per heavy atom. The van der Waals surface area contributed by atoms with Crippen LogP contribution in [0.15, 0.2) is 66.7 Å². The molecule has 0 aliphatic rings. The molecule has 172 valence electrons. The van der Waals surface area contributed by atoms with E-state index in [4.69, 9.17) is 21.1 Å². The minimum atomic E-state index is -0.273. The third-order valence-corrected chi connectivity index (χ3v) is 5.28. The van der Waals surface area contributed by atoms with Crippen molar-refractivity contribution in [2.24, 2.45) is 0 Å². The first-order valence-corrected chi connectivity index (χ1v) is 11.1. The lowest BCUT2D eigenvalue weighted by atomic mass is 10.0. The number of ether oxygens (including phenoxy) is 2. The van der Waals surface area contributed by atoms with E-state index in [2.05, 4.69) is 36.5 Å². The second-order valence-electron chi connectivity index (χ2n) is 7.39. The summed E-state index contributed by atoms with van der Waals surface area (Å²) in [7, 11) is 0. The van der Waals surface area contributed by atoms with Crippen molar-refractivity contribution in [1.29, 1.82) is 0 Å². The monoisotopic (exact) mass is 477 g/mol. The van der Waals surface area contributed by atoms with Crippen LogP contribution >= 0.6 is 24.0 Å². The molecule has 32 heavy (non-hydrogen) atoms. The minimum Gasteiger partial charge on any atom is -0.490 e. The first-order chi connectivity index (χ1) is 15.1. The van der Waals surface area contributed by atoms with Gasteiger partial charge in [0, 0.05) is 12.6 Å². The molecule has 0 bridgehead atoms. The zero-order valence-electron chi connectivity index (χ0n) is 18.4. The van der Waals surface area contributed by atoms with Crippen molar-refractivity contribution in [2.75, 3.05) is 6.61 Å². The zero-order chi connectivity index (χ0) is 22.1. The van der Waals surface area contributed by atoms with Gasteiger partial charge >= 0.3 is 0 Å². The number of halogens is 3. The molecule has 0 saturated carbocycles. The van der Waals surface area contributed by atoms with E-state index >= 15 is 0 Å². The standard InChI is InChI=1S/C26H29ClFNO2.ClH/c1-3-8-24(21-9-6-5-7-10-21)29-17-20-15-23(27)26(25(16-20)30-4-2)31-18-19-11-13-22(28)14-12-19;/h5-7,9-16,24,29H,3-4,8,17-18H2,1-2H3;1H. The molecule has 3 aromatic rings. The Hall–Kier alpha value is -2.27. The molecule has 0 fully saturated rings. The van der Waals surface area contributed by atoms with Crippen LogP contribution in [-0.2, 0) is 13.2 Å². The van der Waals surface area contributed by atoms with E-state index in [1.807, 2.05) is 25.1 Å². The minimum absolute atomic E-state index is 0. The van der Waals surface area contributed by atoms with Crippen molar-refractivity contribution in [3.8, 4) is 11.5 Å². The van der Waals surface area contributed by atoms with Crippen molar-refractivity contribution in [3.63, 3.8) is 0 Å². The topological polar surface area (TPSA) is 30.5 Å². The van der Waals surface area contributed by atoms with Crippen molar-refractivity contribution >= 4 is 24.0 Å². The van der Waals surface area contributed by atoms with Gasteiger partial charge in [0.15, 0.2) is 11.5 Å². The highest BCUT2D eigenvalue weighted by Crippen LogP contribution is 2.37. The average Bonchev–Trinajstić information content (AvgIpc) is 2.78. The SMILES string of the molecule is CCCC(NCc1cc(Cl)c(OCc2ccc(F)cc2)c(OCC)c1)c1ccccc1.Cl. The fraction of sp³-hybridized carbons (Fsp3) is 0.308. The van der Waals surface area contributed by atoms with E-state index < -0.39 is 0 Å². The molecule has 3 nitrogen and oxygen atoms in total. The van der Waals surface area contributed by atoms with Gasteiger partial charge in [-0.05, 0) is 54.3 Å². The number of rotatable bonds is 11. The fourth-order valence-corrected chi connectivity index (χ4v) is 3.75. The Bertz CT molecular complexity index is 952. The smallest absolute Gasteiger partial charge is 0.180 e. The molecule has 0 amide bonds. The molecule has 0 heterocycles. The Morgan fingerprint density at radius 1 is 0.938 bits per heavy atom. The van der Waals surface area contributed by atoms with E-state index in [9.17, 15) is 4.39 Å². The third kappa shape index (κ3) is 7.40. The molecular formula is C26H30Cl2FNO2. The van der Waals surface area contributed by atoms with Crippen molar-refractivity contribution in [2.45, 2.75) is 45.9 Å². The molecule has 0 saturated heterocycles. The summed E-state index contributed by atoms with van der Waals surface area (Å²) in [6.07, 6.45) is 2.14. The number of nitrogens with one attached hydrogen (secondary N) is 1. The largest absolute Gasteiger partial charge is 0.490 e. The van der Waals surface area contributed by atoms with Crippen LogP contribution in [-0.4, -0.2) is 6.61 Å². The van der Waals surface area contributed by atoms with E-state index in [-0.39, 0.29) is 30.9 Å². The van der Waals surface area contributed by atoms with Gasteiger partial charge in [-0.15, -0.1) is 12.4 Å². The van der Waals surface area contributed by atoms with Gasteiger partial charge in [-0.25, -0.2) is 4.39 Å². The summed E-state index contributed by atoms with van der Waals surface area (Å²) in [6, 6.07) is 20.8. The summed E-state index contributed by atoms with van der Waals surface area (Å²) in [5.41, 5.74) is 3.16. The maximum atomic E-state index is 13.1. The predicted octanol–water partition coefficient (Wildman–Crippen LogP) is 7.51. The molecule has 0 aromatic heterocycles. The van der Waals surface area contributed by atoms with E-state index in [1.54, 1.807) is 12.1 Å². The predicted molar refractivity (Wildman–Crippen MR) is 132 cm³/mol. The van der Waals surface area contributed by atoms with Crippen LogP contribution in [0.3, 0.4) is 0 Å². The molecule has 1 N–H and O–H groups in total. The molecule has 0 spiro atoms. The van der Waals surface area contributed by atoms with Gasteiger partial charge in [-0.2, -0.15) is 0 Å². The lowest BCUT2D eigenvalue weighted by Gasteiger charge is -2.20. The average molecular weight is 478 g/mol. The Labute approximate surface area is 201 Å². The van der Waals surface area contributed by atoms with Crippen molar-refractivity contribution in [3.05, 3.63) is 94.3 Å². The first-order valence-electron chi connectivity index (χ1n) is 10.7. The maximum Gasteiger partial charge on any atom is 0.180 e. The fourth-order valence-electron chi connectivity index (χ4n) is 3.46. The number of benzene rings is 3. The highest BCUT2D eigenvalue weighted by atomic mass is 35.5. The molecule has 6 heteroatoms. The normalized spacial score (nSPS) is 11.5. The van der Waals surface area contributed by atoms with Gasteiger partial charge in [0.05, 0.1) is 11.6 Å². The second kappa shape index (κ2) is 13.3. The molecule has 0 radical (unpaired) electrons. The first kappa shape index (κ1) is 26.0. The van der Waals surface area contributed by atoms with Gasteiger partial charge in [-0.1, -0.05) is 67.4 Å². The van der Waals surface area contributed by atoms with Gasteiger partial charge in [0.2, 0.25) is 0 Å².